The zero-order valence-electron chi connectivity index (χ0n) is 10.8. The molecule has 0 unspecified atom stereocenters. The second-order valence-electron chi connectivity index (χ2n) is 4.22. The second kappa shape index (κ2) is 6.35. The SMILES string of the molecule is Cc1cc(OC(=O)/C=C/c2ccc(F)cc2)ccc1Cl. The van der Waals surface area contributed by atoms with Gasteiger partial charge >= 0.3 is 5.97 Å². The molecule has 0 aliphatic heterocycles. The smallest absolute Gasteiger partial charge is 0.336 e. The number of benzene rings is 2. The molecule has 0 amide bonds. The van der Waals surface area contributed by atoms with Gasteiger partial charge in [0.15, 0.2) is 0 Å². The highest BCUT2D eigenvalue weighted by atomic mass is 35.5. The summed E-state index contributed by atoms with van der Waals surface area (Å²) in [5, 5.41) is 0.617. The van der Waals surface area contributed by atoms with Crippen LogP contribution in [-0.2, 0) is 4.79 Å². The molecular formula is C16H12ClFO2. The van der Waals surface area contributed by atoms with E-state index in [-0.39, 0.29) is 5.82 Å². The van der Waals surface area contributed by atoms with Gasteiger partial charge < -0.3 is 4.74 Å². The lowest BCUT2D eigenvalue weighted by atomic mass is 10.2. The van der Waals surface area contributed by atoms with E-state index in [1.807, 2.05) is 6.92 Å². The van der Waals surface area contributed by atoms with Crippen LogP contribution < -0.4 is 4.74 Å². The maximum absolute atomic E-state index is 12.7. The Hall–Kier alpha value is -2.13. The third-order valence-electron chi connectivity index (χ3n) is 2.63. The van der Waals surface area contributed by atoms with Crippen molar-refractivity contribution in [1.29, 1.82) is 0 Å². The zero-order valence-corrected chi connectivity index (χ0v) is 11.5. The van der Waals surface area contributed by atoms with Crippen molar-refractivity contribution in [3.8, 4) is 5.75 Å². The van der Waals surface area contributed by atoms with Crippen LogP contribution in [0.3, 0.4) is 0 Å². The van der Waals surface area contributed by atoms with Gasteiger partial charge in [0.25, 0.3) is 0 Å². The van der Waals surface area contributed by atoms with Gasteiger partial charge in [-0.1, -0.05) is 23.7 Å². The number of hydrogen-bond donors (Lipinski definition) is 0. The first-order valence-corrected chi connectivity index (χ1v) is 6.34. The van der Waals surface area contributed by atoms with Gasteiger partial charge in [-0.15, -0.1) is 0 Å². The fraction of sp³-hybridized carbons (Fsp3) is 0.0625. The Morgan fingerprint density at radius 1 is 1.20 bits per heavy atom. The first-order chi connectivity index (χ1) is 9.54. The fourth-order valence-electron chi connectivity index (χ4n) is 1.57. The van der Waals surface area contributed by atoms with Gasteiger partial charge in [0.05, 0.1) is 0 Å². The topological polar surface area (TPSA) is 26.3 Å². The normalized spacial score (nSPS) is 10.8. The quantitative estimate of drug-likeness (QED) is 0.475. The van der Waals surface area contributed by atoms with Gasteiger partial charge in [-0.25, -0.2) is 9.18 Å². The summed E-state index contributed by atoms with van der Waals surface area (Å²) in [5.41, 5.74) is 1.55. The Morgan fingerprint density at radius 2 is 1.90 bits per heavy atom. The van der Waals surface area contributed by atoms with Crippen LogP contribution in [0.25, 0.3) is 6.08 Å². The summed E-state index contributed by atoms with van der Waals surface area (Å²) in [6.45, 7) is 1.83. The van der Waals surface area contributed by atoms with E-state index in [0.717, 1.165) is 11.1 Å². The van der Waals surface area contributed by atoms with Crippen molar-refractivity contribution in [2.45, 2.75) is 6.92 Å². The summed E-state index contributed by atoms with van der Waals surface area (Å²) in [6.07, 6.45) is 2.85. The molecule has 0 atom stereocenters. The highest BCUT2D eigenvalue weighted by molar-refractivity contribution is 6.31. The third-order valence-corrected chi connectivity index (χ3v) is 3.05. The minimum absolute atomic E-state index is 0.318. The molecule has 0 spiro atoms. The maximum atomic E-state index is 12.7. The van der Waals surface area contributed by atoms with Crippen LogP contribution in [0.15, 0.2) is 48.5 Å². The monoisotopic (exact) mass is 290 g/mol. The molecule has 0 bridgehead atoms. The van der Waals surface area contributed by atoms with Gasteiger partial charge in [0, 0.05) is 11.1 Å². The van der Waals surface area contributed by atoms with Crippen molar-refractivity contribution >= 4 is 23.6 Å². The highest BCUT2D eigenvalue weighted by Crippen LogP contribution is 2.21. The molecule has 0 aliphatic rings. The predicted octanol–water partition coefficient (Wildman–Crippen LogP) is 4.41. The van der Waals surface area contributed by atoms with Gasteiger partial charge in [-0.2, -0.15) is 0 Å². The minimum Gasteiger partial charge on any atom is -0.423 e. The van der Waals surface area contributed by atoms with Crippen molar-refractivity contribution in [2.24, 2.45) is 0 Å². The number of ether oxygens (including phenoxy) is 1. The van der Waals surface area contributed by atoms with E-state index >= 15 is 0 Å². The van der Waals surface area contributed by atoms with Gasteiger partial charge in [-0.05, 0) is 54.5 Å². The maximum Gasteiger partial charge on any atom is 0.336 e. The van der Waals surface area contributed by atoms with Crippen LogP contribution in [0.4, 0.5) is 4.39 Å². The average Bonchev–Trinajstić information content (AvgIpc) is 2.42. The van der Waals surface area contributed by atoms with E-state index in [2.05, 4.69) is 0 Å². The zero-order chi connectivity index (χ0) is 14.5. The molecule has 2 aromatic rings. The highest BCUT2D eigenvalue weighted by Gasteiger charge is 2.02. The van der Waals surface area contributed by atoms with Crippen LogP contribution in [0.1, 0.15) is 11.1 Å². The number of hydrogen-bond acceptors (Lipinski definition) is 2. The third kappa shape index (κ3) is 3.93. The van der Waals surface area contributed by atoms with Crippen LogP contribution in [0.5, 0.6) is 5.75 Å². The van der Waals surface area contributed by atoms with Crippen molar-refractivity contribution in [1.82, 2.24) is 0 Å². The second-order valence-corrected chi connectivity index (χ2v) is 4.62. The lowest BCUT2D eigenvalue weighted by molar-refractivity contribution is -0.128. The summed E-state index contributed by atoms with van der Waals surface area (Å²) in [6, 6.07) is 10.8. The number of rotatable bonds is 3. The van der Waals surface area contributed by atoms with Crippen LogP contribution >= 0.6 is 11.6 Å². The average molecular weight is 291 g/mol. The Balaban J connectivity index is 2.01. The largest absolute Gasteiger partial charge is 0.423 e. The first kappa shape index (κ1) is 14.3. The molecule has 0 heterocycles. The summed E-state index contributed by atoms with van der Waals surface area (Å²) < 4.78 is 17.9. The molecule has 102 valence electrons. The summed E-state index contributed by atoms with van der Waals surface area (Å²) in [5.74, 6) is -0.391. The van der Waals surface area contributed by atoms with Crippen LogP contribution in [0, 0.1) is 12.7 Å². The number of esters is 1. The molecule has 0 radical (unpaired) electrons. The molecule has 0 aromatic heterocycles. The van der Waals surface area contributed by atoms with Crippen molar-refractivity contribution < 1.29 is 13.9 Å². The number of carbonyl (C=O) groups is 1. The molecule has 2 nitrogen and oxygen atoms in total. The summed E-state index contributed by atoms with van der Waals surface area (Å²) in [4.78, 5) is 11.6. The van der Waals surface area contributed by atoms with E-state index in [4.69, 9.17) is 16.3 Å². The number of carbonyl (C=O) groups excluding carboxylic acids is 1. The molecule has 4 heteroatoms. The van der Waals surface area contributed by atoms with Gasteiger partial charge in [0.2, 0.25) is 0 Å². The molecule has 0 fully saturated rings. The lowest BCUT2D eigenvalue weighted by Gasteiger charge is -2.03. The van der Waals surface area contributed by atoms with E-state index in [0.29, 0.717) is 10.8 Å². The minimum atomic E-state index is -0.504. The number of halogens is 2. The molecule has 2 rings (SSSR count). The first-order valence-electron chi connectivity index (χ1n) is 5.96. The molecular weight excluding hydrogens is 279 g/mol. The van der Waals surface area contributed by atoms with Crippen molar-refractivity contribution in [3.05, 3.63) is 70.5 Å². The molecule has 20 heavy (non-hydrogen) atoms. The predicted molar refractivity (Wildman–Crippen MR) is 77.3 cm³/mol. The van der Waals surface area contributed by atoms with Gasteiger partial charge in [-0.3, -0.25) is 0 Å². The van der Waals surface area contributed by atoms with E-state index in [9.17, 15) is 9.18 Å². The van der Waals surface area contributed by atoms with Crippen molar-refractivity contribution in [2.75, 3.05) is 0 Å². The molecule has 0 aliphatic carbocycles. The molecule has 0 saturated carbocycles. The van der Waals surface area contributed by atoms with Gasteiger partial charge in [0.1, 0.15) is 11.6 Å². The Bertz CT molecular complexity index is 648. The van der Waals surface area contributed by atoms with E-state index < -0.39 is 5.97 Å². The fourth-order valence-corrected chi connectivity index (χ4v) is 1.69. The Morgan fingerprint density at radius 3 is 2.55 bits per heavy atom. The lowest BCUT2D eigenvalue weighted by Crippen LogP contribution is -2.03. The van der Waals surface area contributed by atoms with Crippen LogP contribution in [0.2, 0.25) is 5.02 Å². The van der Waals surface area contributed by atoms with E-state index in [1.54, 1.807) is 36.4 Å². The Labute approximate surface area is 121 Å². The molecule has 0 N–H and O–H groups in total. The summed E-state index contributed by atoms with van der Waals surface area (Å²) in [7, 11) is 0. The number of aryl methyl sites for hydroxylation is 1. The molecule has 0 saturated heterocycles. The molecule has 2 aromatic carbocycles. The standard InChI is InChI=1S/C16H12ClFO2/c1-11-10-14(7-8-15(11)17)20-16(19)9-4-12-2-5-13(18)6-3-12/h2-10H,1H3/b9-4+. The summed E-state index contributed by atoms with van der Waals surface area (Å²) >= 11 is 5.89. The van der Waals surface area contributed by atoms with E-state index in [1.165, 1.54) is 18.2 Å². The Kier molecular flexibility index (Phi) is 4.53. The van der Waals surface area contributed by atoms with Crippen LogP contribution in [-0.4, -0.2) is 5.97 Å². The van der Waals surface area contributed by atoms with Crippen molar-refractivity contribution in [3.63, 3.8) is 0 Å².